The van der Waals surface area contributed by atoms with Crippen molar-refractivity contribution in [3.05, 3.63) is 28.8 Å². The van der Waals surface area contributed by atoms with Gasteiger partial charge in [0.05, 0.1) is 5.02 Å². The zero-order chi connectivity index (χ0) is 12.3. The number of amides is 1. The Bertz CT molecular complexity index is 417. The van der Waals surface area contributed by atoms with Crippen LogP contribution in [0.15, 0.2) is 18.2 Å². The second kappa shape index (κ2) is 5.38. The molecule has 1 heterocycles. The van der Waals surface area contributed by atoms with E-state index in [0.29, 0.717) is 18.0 Å². The van der Waals surface area contributed by atoms with Crippen LogP contribution >= 0.6 is 11.6 Å². The molecule has 0 aliphatic carbocycles. The normalized spacial score (nSPS) is 19.2. The first-order valence-electron chi connectivity index (χ1n) is 5.64. The van der Waals surface area contributed by atoms with Crippen LogP contribution in [0.1, 0.15) is 16.8 Å². The van der Waals surface area contributed by atoms with Crippen LogP contribution in [-0.2, 0) is 0 Å². The molecule has 5 heteroatoms. The SMILES string of the molecule is O=C(NCC1CCNC1)c1ccc(O)c(Cl)c1. The van der Waals surface area contributed by atoms with E-state index in [0.717, 1.165) is 19.5 Å². The summed E-state index contributed by atoms with van der Waals surface area (Å²) < 4.78 is 0. The molecule has 17 heavy (non-hydrogen) atoms. The summed E-state index contributed by atoms with van der Waals surface area (Å²) >= 11 is 5.75. The highest BCUT2D eigenvalue weighted by molar-refractivity contribution is 6.32. The molecule has 1 atom stereocenters. The Morgan fingerprint density at radius 1 is 1.59 bits per heavy atom. The maximum Gasteiger partial charge on any atom is 0.251 e. The van der Waals surface area contributed by atoms with Gasteiger partial charge in [-0.05, 0) is 43.6 Å². The van der Waals surface area contributed by atoms with Crippen LogP contribution in [0.4, 0.5) is 0 Å². The highest BCUT2D eigenvalue weighted by Gasteiger charge is 2.16. The van der Waals surface area contributed by atoms with Gasteiger partial charge in [0.25, 0.3) is 5.91 Å². The van der Waals surface area contributed by atoms with Gasteiger partial charge in [-0.2, -0.15) is 0 Å². The summed E-state index contributed by atoms with van der Waals surface area (Å²) in [7, 11) is 0. The summed E-state index contributed by atoms with van der Waals surface area (Å²) in [4.78, 5) is 11.8. The highest BCUT2D eigenvalue weighted by Crippen LogP contribution is 2.23. The molecule has 1 fully saturated rings. The number of rotatable bonds is 3. The summed E-state index contributed by atoms with van der Waals surface area (Å²) in [5.41, 5.74) is 0.471. The fraction of sp³-hybridized carbons (Fsp3) is 0.417. The van der Waals surface area contributed by atoms with Crippen molar-refractivity contribution < 1.29 is 9.90 Å². The van der Waals surface area contributed by atoms with Crippen molar-refractivity contribution in [3.8, 4) is 5.75 Å². The van der Waals surface area contributed by atoms with E-state index in [4.69, 9.17) is 11.6 Å². The van der Waals surface area contributed by atoms with E-state index in [1.165, 1.54) is 12.1 Å². The molecule has 0 radical (unpaired) electrons. The van der Waals surface area contributed by atoms with Crippen molar-refractivity contribution in [2.45, 2.75) is 6.42 Å². The maximum atomic E-state index is 11.8. The third kappa shape index (κ3) is 3.11. The van der Waals surface area contributed by atoms with Gasteiger partial charge < -0.3 is 15.7 Å². The van der Waals surface area contributed by atoms with Gasteiger partial charge in [-0.1, -0.05) is 11.6 Å². The molecule has 1 aromatic rings. The summed E-state index contributed by atoms with van der Waals surface area (Å²) in [6, 6.07) is 4.46. The highest BCUT2D eigenvalue weighted by atomic mass is 35.5. The number of carbonyl (C=O) groups is 1. The lowest BCUT2D eigenvalue weighted by atomic mass is 10.1. The summed E-state index contributed by atoms with van der Waals surface area (Å²) in [5, 5.41) is 15.6. The predicted octanol–water partition coefficient (Wildman–Crippen LogP) is 1.38. The average molecular weight is 255 g/mol. The number of carbonyl (C=O) groups excluding carboxylic acids is 1. The van der Waals surface area contributed by atoms with Gasteiger partial charge in [0.15, 0.2) is 0 Å². The van der Waals surface area contributed by atoms with Crippen LogP contribution < -0.4 is 10.6 Å². The predicted molar refractivity (Wildman–Crippen MR) is 66.4 cm³/mol. The van der Waals surface area contributed by atoms with Gasteiger partial charge >= 0.3 is 0 Å². The second-order valence-electron chi connectivity index (χ2n) is 4.24. The fourth-order valence-electron chi connectivity index (χ4n) is 1.88. The molecule has 1 aromatic carbocycles. The second-order valence-corrected chi connectivity index (χ2v) is 4.64. The van der Waals surface area contributed by atoms with Crippen molar-refractivity contribution in [1.82, 2.24) is 10.6 Å². The Balaban J connectivity index is 1.92. The molecule has 1 amide bonds. The van der Waals surface area contributed by atoms with Gasteiger partial charge in [0.1, 0.15) is 5.75 Å². The van der Waals surface area contributed by atoms with E-state index in [2.05, 4.69) is 10.6 Å². The zero-order valence-electron chi connectivity index (χ0n) is 9.37. The molecule has 0 spiro atoms. The van der Waals surface area contributed by atoms with Crippen LogP contribution in [0.3, 0.4) is 0 Å². The quantitative estimate of drug-likeness (QED) is 0.764. The average Bonchev–Trinajstić information content (AvgIpc) is 2.82. The van der Waals surface area contributed by atoms with Crippen molar-refractivity contribution in [2.75, 3.05) is 19.6 Å². The Morgan fingerprint density at radius 2 is 2.41 bits per heavy atom. The van der Waals surface area contributed by atoms with Gasteiger partial charge in [-0.25, -0.2) is 0 Å². The topological polar surface area (TPSA) is 61.4 Å². The third-order valence-corrected chi connectivity index (χ3v) is 3.23. The van der Waals surface area contributed by atoms with Gasteiger partial charge in [-0.15, -0.1) is 0 Å². The van der Waals surface area contributed by atoms with Crippen LogP contribution in [-0.4, -0.2) is 30.6 Å². The molecule has 0 aromatic heterocycles. The molecule has 92 valence electrons. The number of phenols is 1. The molecule has 0 bridgehead atoms. The van der Waals surface area contributed by atoms with Crippen LogP contribution in [0.25, 0.3) is 0 Å². The minimum absolute atomic E-state index is 0.0109. The lowest BCUT2D eigenvalue weighted by Gasteiger charge is -2.10. The van der Waals surface area contributed by atoms with Crippen molar-refractivity contribution >= 4 is 17.5 Å². The van der Waals surface area contributed by atoms with E-state index < -0.39 is 0 Å². The fourth-order valence-corrected chi connectivity index (χ4v) is 2.06. The zero-order valence-corrected chi connectivity index (χ0v) is 10.1. The minimum atomic E-state index is -0.154. The Labute approximate surface area is 105 Å². The summed E-state index contributed by atoms with van der Waals surface area (Å²) in [6.45, 7) is 2.65. The van der Waals surface area contributed by atoms with Crippen LogP contribution in [0, 0.1) is 5.92 Å². The number of nitrogens with one attached hydrogen (secondary N) is 2. The molecule has 4 nitrogen and oxygen atoms in total. The van der Waals surface area contributed by atoms with E-state index in [1.807, 2.05) is 0 Å². The molecule has 2 rings (SSSR count). The van der Waals surface area contributed by atoms with Crippen LogP contribution in [0.2, 0.25) is 5.02 Å². The molecule has 1 saturated heterocycles. The smallest absolute Gasteiger partial charge is 0.251 e. The molecule has 1 aliphatic rings. The minimum Gasteiger partial charge on any atom is -0.506 e. The van der Waals surface area contributed by atoms with Crippen molar-refractivity contribution in [3.63, 3.8) is 0 Å². The van der Waals surface area contributed by atoms with E-state index in [1.54, 1.807) is 6.07 Å². The van der Waals surface area contributed by atoms with E-state index in [9.17, 15) is 9.90 Å². The standard InChI is InChI=1S/C12H15ClN2O2/c13-10-5-9(1-2-11(10)16)12(17)15-7-8-3-4-14-6-8/h1-2,5,8,14,16H,3-4,6-7H2,(H,15,17). The molecular formula is C12H15ClN2O2. The Hall–Kier alpha value is -1.26. The summed E-state index contributed by atoms with van der Waals surface area (Å²) in [6.07, 6.45) is 1.09. The number of halogens is 1. The molecule has 0 saturated carbocycles. The van der Waals surface area contributed by atoms with Gasteiger partial charge in [0, 0.05) is 12.1 Å². The molecular weight excluding hydrogens is 240 g/mol. The lowest BCUT2D eigenvalue weighted by molar-refractivity contribution is 0.0948. The molecule has 1 unspecified atom stereocenters. The maximum absolute atomic E-state index is 11.8. The first-order valence-corrected chi connectivity index (χ1v) is 6.02. The number of aromatic hydroxyl groups is 1. The van der Waals surface area contributed by atoms with Crippen molar-refractivity contribution in [2.24, 2.45) is 5.92 Å². The van der Waals surface area contributed by atoms with E-state index >= 15 is 0 Å². The van der Waals surface area contributed by atoms with Crippen molar-refractivity contribution in [1.29, 1.82) is 0 Å². The number of benzene rings is 1. The number of hydrogen-bond donors (Lipinski definition) is 3. The number of phenolic OH excluding ortho intramolecular Hbond substituents is 1. The monoisotopic (exact) mass is 254 g/mol. The Kier molecular flexibility index (Phi) is 3.86. The largest absolute Gasteiger partial charge is 0.506 e. The number of hydrogen-bond acceptors (Lipinski definition) is 3. The first kappa shape index (κ1) is 12.2. The van der Waals surface area contributed by atoms with Gasteiger partial charge in [-0.3, -0.25) is 4.79 Å². The first-order chi connectivity index (χ1) is 8.16. The lowest BCUT2D eigenvalue weighted by Crippen LogP contribution is -2.30. The van der Waals surface area contributed by atoms with E-state index in [-0.39, 0.29) is 16.7 Å². The Morgan fingerprint density at radius 3 is 3.06 bits per heavy atom. The third-order valence-electron chi connectivity index (χ3n) is 2.92. The molecule has 3 N–H and O–H groups in total. The van der Waals surface area contributed by atoms with Crippen LogP contribution in [0.5, 0.6) is 5.75 Å². The summed E-state index contributed by atoms with van der Waals surface area (Å²) in [5.74, 6) is 0.341. The van der Waals surface area contributed by atoms with Gasteiger partial charge in [0.2, 0.25) is 0 Å². The molecule has 1 aliphatic heterocycles.